The number of amides is 1. The van der Waals surface area contributed by atoms with Crippen molar-refractivity contribution in [2.45, 2.75) is 0 Å². The minimum absolute atomic E-state index is 0.0374. The maximum absolute atomic E-state index is 12.5. The molecule has 0 atom stereocenters. The molecule has 3 aromatic carbocycles. The molecular weight excluding hydrogens is 457 g/mol. The molecule has 0 heterocycles. The van der Waals surface area contributed by atoms with Crippen LogP contribution in [-0.2, 0) is 0 Å². The smallest absolute Gasteiger partial charge is 0.258 e. The predicted molar refractivity (Wildman–Crippen MR) is 128 cm³/mol. The van der Waals surface area contributed by atoms with Crippen molar-refractivity contribution < 1.29 is 4.79 Å². The molecule has 1 amide bonds. The Bertz CT molecular complexity index is 1110. The maximum Gasteiger partial charge on any atom is 0.258 e. The van der Waals surface area contributed by atoms with E-state index in [1.807, 2.05) is 0 Å². The number of hydrogen-bond acceptors (Lipinski definition) is 4. The number of carbonyl (C=O) groups excluding carboxylic acids is 1. The van der Waals surface area contributed by atoms with E-state index in [2.05, 4.69) is 26.0 Å². The average Bonchev–Trinajstić information content (AvgIpc) is 2.77. The number of guanidine groups is 1. The Labute approximate surface area is 194 Å². The molecule has 0 aliphatic rings. The molecule has 0 saturated carbocycles. The molecular formula is C22H16Cl3N5O. The van der Waals surface area contributed by atoms with E-state index in [0.29, 0.717) is 20.6 Å². The fraction of sp³-hybridized carbons (Fsp3) is 0. The van der Waals surface area contributed by atoms with Gasteiger partial charge in [0, 0.05) is 20.6 Å². The fourth-order valence-corrected chi connectivity index (χ4v) is 2.65. The van der Waals surface area contributed by atoms with Gasteiger partial charge in [-0.1, -0.05) is 59.1 Å². The van der Waals surface area contributed by atoms with Gasteiger partial charge in [0.2, 0.25) is 5.96 Å². The number of nitrogens with zero attached hydrogens (tertiary/aromatic N) is 3. The van der Waals surface area contributed by atoms with Gasteiger partial charge >= 0.3 is 0 Å². The minimum atomic E-state index is -0.397. The van der Waals surface area contributed by atoms with Crippen molar-refractivity contribution in [1.29, 1.82) is 0 Å². The largest absolute Gasteiger partial charge is 0.290 e. The Morgan fingerprint density at radius 2 is 1.19 bits per heavy atom. The summed E-state index contributed by atoms with van der Waals surface area (Å²) in [5, 5.41) is 16.5. The molecule has 3 rings (SSSR count). The minimum Gasteiger partial charge on any atom is -0.290 e. The SMILES string of the molecule is O=C(NC(=NN=Cc1ccc(Cl)cc1)NN=Cc1ccc(Cl)cc1)c1ccc(Cl)cc1. The third kappa shape index (κ3) is 7.53. The lowest BCUT2D eigenvalue weighted by Crippen LogP contribution is -2.38. The Hall–Kier alpha value is -3.19. The van der Waals surface area contributed by atoms with Crippen LogP contribution in [0.4, 0.5) is 0 Å². The molecule has 31 heavy (non-hydrogen) atoms. The first-order chi connectivity index (χ1) is 15.0. The van der Waals surface area contributed by atoms with E-state index in [9.17, 15) is 4.79 Å². The van der Waals surface area contributed by atoms with Crippen LogP contribution in [0.3, 0.4) is 0 Å². The predicted octanol–water partition coefficient (Wildman–Crippen LogP) is 5.39. The molecule has 0 saturated heterocycles. The second kappa shape index (κ2) is 11.3. The average molecular weight is 473 g/mol. The lowest BCUT2D eigenvalue weighted by molar-refractivity contribution is 0.0975. The Balaban J connectivity index is 1.74. The molecule has 6 nitrogen and oxygen atoms in total. The van der Waals surface area contributed by atoms with Crippen molar-refractivity contribution >= 4 is 59.1 Å². The molecule has 156 valence electrons. The summed E-state index contributed by atoms with van der Waals surface area (Å²) in [5.41, 5.74) is 4.69. The highest BCUT2D eigenvalue weighted by atomic mass is 35.5. The van der Waals surface area contributed by atoms with Gasteiger partial charge in [-0.15, -0.1) is 5.10 Å². The van der Waals surface area contributed by atoms with Crippen LogP contribution in [0, 0.1) is 0 Å². The molecule has 0 bridgehead atoms. The summed E-state index contributed by atoms with van der Waals surface area (Å²) in [7, 11) is 0. The van der Waals surface area contributed by atoms with Crippen LogP contribution in [0.1, 0.15) is 21.5 Å². The monoisotopic (exact) mass is 471 g/mol. The normalized spacial score (nSPS) is 11.8. The molecule has 0 aliphatic carbocycles. The molecule has 0 aromatic heterocycles. The second-order valence-corrected chi connectivity index (χ2v) is 7.44. The number of carbonyl (C=O) groups is 1. The van der Waals surface area contributed by atoms with Gasteiger partial charge in [0.1, 0.15) is 0 Å². The van der Waals surface area contributed by atoms with E-state index in [4.69, 9.17) is 34.8 Å². The van der Waals surface area contributed by atoms with Crippen LogP contribution in [0.15, 0.2) is 88.1 Å². The highest BCUT2D eigenvalue weighted by molar-refractivity contribution is 6.31. The van der Waals surface area contributed by atoms with E-state index in [-0.39, 0.29) is 5.96 Å². The summed E-state index contributed by atoms with van der Waals surface area (Å²) < 4.78 is 0. The molecule has 2 N–H and O–H groups in total. The molecule has 0 spiro atoms. The maximum atomic E-state index is 12.5. The van der Waals surface area contributed by atoms with Crippen molar-refractivity contribution in [3.8, 4) is 0 Å². The van der Waals surface area contributed by atoms with Crippen molar-refractivity contribution in [3.05, 3.63) is 105 Å². The number of hydrazone groups is 1. The standard InChI is InChI=1S/C22H16Cl3N5O/c23-18-7-1-15(2-8-18)13-26-29-22(28-21(31)17-5-11-20(25)12-6-17)30-27-14-16-3-9-19(24)10-4-16/h1-14H,(H2,28,29,30,31). The van der Waals surface area contributed by atoms with Crippen molar-refractivity contribution in [2.75, 3.05) is 0 Å². The lowest BCUT2D eigenvalue weighted by atomic mass is 10.2. The Morgan fingerprint density at radius 1 is 0.710 bits per heavy atom. The molecule has 3 aromatic rings. The molecule has 9 heteroatoms. The van der Waals surface area contributed by atoms with Gasteiger partial charge < -0.3 is 0 Å². The topological polar surface area (TPSA) is 78.2 Å². The fourth-order valence-electron chi connectivity index (χ4n) is 2.28. The van der Waals surface area contributed by atoms with E-state index in [1.54, 1.807) is 79.0 Å². The van der Waals surface area contributed by atoms with Crippen LogP contribution < -0.4 is 10.7 Å². The van der Waals surface area contributed by atoms with E-state index < -0.39 is 5.91 Å². The highest BCUT2D eigenvalue weighted by Crippen LogP contribution is 2.10. The Morgan fingerprint density at radius 3 is 1.74 bits per heavy atom. The number of rotatable bonds is 5. The summed E-state index contributed by atoms with van der Waals surface area (Å²) in [6.07, 6.45) is 3.08. The number of nitrogens with one attached hydrogen (secondary N) is 2. The zero-order chi connectivity index (χ0) is 22.1. The molecule has 0 unspecified atom stereocenters. The quantitative estimate of drug-likeness (QED) is 0.297. The van der Waals surface area contributed by atoms with Crippen LogP contribution in [-0.4, -0.2) is 24.3 Å². The van der Waals surface area contributed by atoms with Gasteiger partial charge in [0.15, 0.2) is 0 Å². The first-order valence-electron chi connectivity index (χ1n) is 8.98. The molecule has 0 fully saturated rings. The van der Waals surface area contributed by atoms with Gasteiger partial charge in [0.25, 0.3) is 5.91 Å². The molecule has 0 aliphatic heterocycles. The summed E-state index contributed by atoms with van der Waals surface area (Å²) in [5.74, 6) is -0.360. The van der Waals surface area contributed by atoms with Crippen LogP contribution >= 0.6 is 34.8 Å². The summed E-state index contributed by atoms with van der Waals surface area (Å²) in [6, 6.07) is 20.6. The van der Waals surface area contributed by atoms with E-state index >= 15 is 0 Å². The summed E-state index contributed by atoms with van der Waals surface area (Å²) in [4.78, 5) is 12.5. The highest BCUT2D eigenvalue weighted by Gasteiger charge is 2.08. The van der Waals surface area contributed by atoms with Gasteiger partial charge in [-0.25, -0.2) is 5.43 Å². The molecule has 0 radical (unpaired) electrons. The van der Waals surface area contributed by atoms with Gasteiger partial charge in [-0.2, -0.15) is 10.2 Å². The number of halogens is 3. The van der Waals surface area contributed by atoms with E-state index in [1.165, 1.54) is 6.21 Å². The van der Waals surface area contributed by atoms with Crippen LogP contribution in [0.5, 0.6) is 0 Å². The number of hydrogen-bond donors (Lipinski definition) is 2. The van der Waals surface area contributed by atoms with E-state index in [0.717, 1.165) is 11.1 Å². The zero-order valence-electron chi connectivity index (χ0n) is 16.0. The van der Waals surface area contributed by atoms with Crippen molar-refractivity contribution in [2.24, 2.45) is 15.3 Å². The number of benzene rings is 3. The first kappa shape index (κ1) is 22.5. The lowest BCUT2D eigenvalue weighted by Gasteiger charge is -2.07. The first-order valence-corrected chi connectivity index (χ1v) is 10.1. The van der Waals surface area contributed by atoms with Crippen LogP contribution in [0.2, 0.25) is 15.1 Å². The third-order valence-corrected chi connectivity index (χ3v) is 4.58. The third-order valence-electron chi connectivity index (χ3n) is 3.83. The summed E-state index contributed by atoms with van der Waals surface area (Å²) >= 11 is 17.6. The van der Waals surface area contributed by atoms with Crippen molar-refractivity contribution in [1.82, 2.24) is 10.7 Å². The Kier molecular flexibility index (Phi) is 8.18. The summed E-state index contributed by atoms with van der Waals surface area (Å²) in [6.45, 7) is 0. The van der Waals surface area contributed by atoms with Gasteiger partial charge in [0.05, 0.1) is 12.4 Å². The van der Waals surface area contributed by atoms with Gasteiger partial charge in [-0.05, 0) is 59.7 Å². The zero-order valence-corrected chi connectivity index (χ0v) is 18.2. The van der Waals surface area contributed by atoms with Gasteiger partial charge in [-0.3, -0.25) is 10.1 Å². The van der Waals surface area contributed by atoms with Crippen LogP contribution in [0.25, 0.3) is 0 Å². The second-order valence-electron chi connectivity index (χ2n) is 6.13. The van der Waals surface area contributed by atoms with Crippen molar-refractivity contribution in [3.63, 3.8) is 0 Å².